The van der Waals surface area contributed by atoms with Gasteiger partial charge in [0.15, 0.2) is 0 Å². The number of aryl methyl sites for hydroxylation is 3. The molecule has 2 heterocycles. The van der Waals surface area contributed by atoms with Crippen molar-refractivity contribution >= 4 is 41.2 Å². The molecule has 1 aliphatic rings. The Hall–Kier alpha value is -3.64. The van der Waals surface area contributed by atoms with Gasteiger partial charge in [0.2, 0.25) is 0 Å². The predicted molar refractivity (Wildman–Crippen MR) is 139 cm³/mol. The molecule has 1 fully saturated rings. The van der Waals surface area contributed by atoms with Gasteiger partial charge in [-0.3, -0.25) is 14.9 Å². The fourth-order valence-corrected chi connectivity index (χ4v) is 4.47. The van der Waals surface area contributed by atoms with Gasteiger partial charge in [-0.2, -0.15) is 0 Å². The van der Waals surface area contributed by atoms with E-state index >= 15 is 0 Å². The van der Waals surface area contributed by atoms with Crippen molar-refractivity contribution in [2.75, 3.05) is 4.90 Å². The summed E-state index contributed by atoms with van der Waals surface area (Å²) in [5.74, 6) is -1.41. The van der Waals surface area contributed by atoms with Crippen LogP contribution in [0.15, 0.2) is 54.1 Å². The number of hydrogen-bond acceptors (Lipinski definition) is 3. The number of anilines is 1. The van der Waals surface area contributed by atoms with Crippen LogP contribution in [-0.4, -0.2) is 22.4 Å². The molecule has 0 aliphatic carbocycles. The maximum atomic E-state index is 13.3. The molecule has 0 saturated carbocycles. The van der Waals surface area contributed by atoms with Crippen LogP contribution in [0.5, 0.6) is 0 Å². The number of hydrogen-bond donors (Lipinski definition) is 1. The Bertz CT molecular complexity index is 1350. The Morgan fingerprint density at radius 1 is 0.943 bits per heavy atom. The van der Waals surface area contributed by atoms with Crippen molar-refractivity contribution in [1.82, 2.24) is 9.88 Å². The average molecular weight is 490 g/mol. The summed E-state index contributed by atoms with van der Waals surface area (Å²) < 4.78 is 2.09. The summed E-state index contributed by atoms with van der Waals surface area (Å²) in [4.78, 5) is 39.4. The van der Waals surface area contributed by atoms with E-state index in [-0.39, 0.29) is 5.57 Å². The van der Waals surface area contributed by atoms with E-state index in [1.807, 2.05) is 26.8 Å². The minimum Gasteiger partial charge on any atom is -0.318 e. The lowest BCUT2D eigenvalue weighted by Crippen LogP contribution is -2.54. The van der Waals surface area contributed by atoms with Crippen molar-refractivity contribution in [1.29, 1.82) is 0 Å². The number of rotatable bonds is 6. The van der Waals surface area contributed by atoms with Crippen LogP contribution in [0.3, 0.4) is 0 Å². The Morgan fingerprint density at radius 3 is 2.29 bits per heavy atom. The van der Waals surface area contributed by atoms with Crippen LogP contribution < -0.4 is 10.2 Å². The Balaban J connectivity index is 1.69. The number of benzene rings is 2. The SMILES string of the molecule is CCCCc1ccc(-n2c(C)cc(/C=C3/C(=O)NC(=O)N(c4ccc(C)c(Cl)c4)C3=O)c2C)cc1. The molecular formula is C28H28ClN3O3. The molecule has 35 heavy (non-hydrogen) atoms. The van der Waals surface area contributed by atoms with E-state index < -0.39 is 17.8 Å². The molecule has 6 nitrogen and oxygen atoms in total. The first kappa shape index (κ1) is 24.5. The number of urea groups is 1. The number of carbonyl (C=O) groups is 3. The zero-order valence-electron chi connectivity index (χ0n) is 20.3. The van der Waals surface area contributed by atoms with Crippen LogP contribution >= 0.6 is 11.6 Å². The van der Waals surface area contributed by atoms with Crippen molar-refractivity contribution in [2.45, 2.75) is 47.0 Å². The third-order valence-corrected chi connectivity index (χ3v) is 6.71. The molecule has 1 N–H and O–H groups in total. The van der Waals surface area contributed by atoms with E-state index in [4.69, 9.17) is 11.6 Å². The van der Waals surface area contributed by atoms with E-state index in [9.17, 15) is 14.4 Å². The second-order valence-corrected chi connectivity index (χ2v) is 9.23. The number of carbonyl (C=O) groups excluding carboxylic acids is 3. The number of nitrogens with zero attached hydrogens (tertiary/aromatic N) is 2. The highest BCUT2D eigenvalue weighted by molar-refractivity contribution is 6.39. The summed E-state index contributed by atoms with van der Waals surface area (Å²) in [6.07, 6.45) is 4.91. The zero-order valence-corrected chi connectivity index (χ0v) is 21.1. The molecule has 0 unspecified atom stereocenters. The van der Waals surface area contributed by atoms with Crippen molar-refractivity contribution in [3.63, 3.8) is 0 Å². The molecule has 0 radical (unpaired) electrons. The van der Waals surface area contributed by atoms with Gasteiger partial charge in [-0.25, -0.2) is 9.69 Å². The molecule has 1 aromatic heterocycles. The Labute approximate surface area is 210 Å². The molecule has 1 aliphatic heterocycles. The normalized spacial score (nSPS) is 15.2. The van der Waals surface area contributed by atoms with Crippen molar-refractivity contribution in [2.24, 2.45) is 0 Å². The Kier molecular flexibility index (Phi) is 6.94. The largest absolute Gasteiger partial charge is 0.335 e. The van der Waals surface area contributed by atoms with E-state index in [0.717, 1.165) is 52.4 Å². The lowest BCUT2D eigenvalue weighted by Gasteiger charge is -2.26. The third-order valence-electron chi connectivity index (χ3n) is 6.30. The summed E-state index contributed by atoms with van der Waals surface area (Å²) in [7, 11) is 0. The van der Waals surface area contributed by atoms with Crippen LogP contribution in [0.4, 0.5) is 10.5 Å². The van der Waals surface area contributed by atoms with Crippen molar-refractivity contribution < 1.29 is 14.4 Å². The summed E-state index contributed by atoms with van der Waals surface area (Å²) in [5.41, 5.74) is 5.90. The van der Waals surface area contributed by atoms with Crippen LogP contribution in [0.1, 0.15) is 47.8 Å². The first-order valence-electron chi connectivity index (χ1n) is 11.7. The van der Waals surface area contributed by atoms with Crippen molar-refractivity contribution in [3.8, 4) is 5.69 Å². The predicted octanol–water partition coefficient (Wildman–Crippen LogP) is 6.06. The second kappa shape index (κ2) is 9.92. The fraction of sp³-hybridized carbons (Fsp3) is 0.250. The van der Waals surface area contributed by atoms with Gasteiger partial charge in [0, 0.05) is 22.1 Å². The first-order chi connectivity index (χ1) is 16.7. The first-order valence-corrected chi connectivity index (χ1v) is 12.0. The number of aromatic nitrogens is 1. The lowest BCUT2D eigenvalue weighted by atomic mass is 10.1. The maximum Gasteiger partial charge on any atom is 0.335 e. The minimum atomic E-state index is -0.800. The molecule has 7 heteroatoms. The quantitative estimate of drug-likeness (QED) is 0.337. The van der Waals surface area contributed by atoms with E-state index in [2.05, 4.69) is 41.1 Å². The van der Waals surface area contributed by atoms with Crippen LogP contribution in [-0.2, 0) is 16.0 Å². The summed E-state index contributed by atoms with van der Waals surface area (Å²) >= 11 is 6.20. The number of halogens is 1. The van der Waals surface area contributed by atoms with E-state index in [1.165, 1.54) is 11.6 Å². The highest BCUT2D eigenvalue weighted by Crippen LogP contribution is 2.28. The van der Waals surface area contributed by atoms with Gasteiger partial charge < -0.3 is 4.57 Å². The number of imide groups is 2. The fourth-order valence-electron chi connectivity index (χ4n) is 4.29. The van der Waals surface area contributed by atoms with Gasteiger partial charge in [0.05, 0.1) is 5.69 Å². The molecule has 4 rings (SSSR count). The molecule has 3 aromatic rings. The molecular weight excluding hydrogens is 462 g/mol. The van der Waals surface area contributed by atoms with Gasteiger partial charge in [-0.05, 0) is 86.7 Å². The number of unbranched alkanes of at least 4 members (excludes halogenated alkanes) is 1. The number of barbiturate groups is 1. The highest BCUT2D eigenvalue weighted by atomic mass is 35.5. The zero-order chi connectivity index (χ0) is 25.3. The molecule has 1 saturated heterocycles. The Morgan fingerprint density at radius 2 is 1.63 bits per heavy atom. The van der Waals surface area contributed by atoms with Crippen molar-refractivity contribution in [3.05, 3.63) is 87.2 Å². The van der Waals surface area contributed by atoms with Gasteiger partial charge >= 0.3 is 6.03 Å². The van der Waals surface area contributed by atoms with Crippen LogP contribution in [0.25, 0.3) is 11.8 Å². The van der Waals surface area contributed by atoms with Crippen LogP contribution in [0, 0.1) is 20.8 Å². The smallest absolute Gasteiger partial charge is 0.318 e. The van der Waals surface area contributed by atoms with E-state index in [1.54, 1.807) is 18.2 Å². The molecule has 0 bridgehead atoms. The summed E-state index contributed by atoms with van der Waals surface area (Å²) in [5, 5.41) is 2.69. The van der Waals surface area contributed by atoms with Gasteiger partial charge in [0.25, 0.3) is 11.8 Å². The minimum absolute atomic E-state index is 0.114. The molecule has 2 aromatic carbocycles. The molecule has 180 valence electrons. The highest BCUT2D eigenvalue weighted by Gasteiger charge is 2.37. The van der Waals surface area contributed by atoms with Gasteiger partial charge in [0.1, 0.15) is 5.57 Å². The molecule has 0 spiro atoms. The number of amides is 4. The van der Waals surface area contributed by atoms with Gasteiger partial charge in [-0.15, -0.1) is 0 Å². The molecule has 0 atom stereocenters. The molecule has 4 amide bonds. The summed E-state index contributed by atoms with van der Waals surface area (Å²) in [6.45, 7) is 7.93. The number of nitrogens with one attached hydrogen (secondary N) is 1. The maximum absolute atomic E-state index is 13.3. The topological polar surface area (TPSA) is 71.4 Å². The van der Waals surface area contributed by atoms with Crippen LogP contribution in [0.2, 0.25) is 5.02 Å². The standard InChI is InChI=1S/C28H28ClN3O3/c1-5-6-7-20-9-12-22(13-10-20)31-18(3)14-21(19(31)4)15-24-26(33)30-28(35)32(27(24)34)23-11-8-17(2)25(29)16-23/h8-16H,5-7H2,1-4H3,(H,30,33,35)/b24-15-. The van der Waals surface area contributed by atoms with E-state index in [0.29, 0.717) is 10.7 Å². The third kappa shape index (κ3) is 4.80. The second-order valence-electron chi connectivity index (χ2n) is 8.82. The lowest BCUT2D eigenvalue weighted by molar-refractivity contribution is -0.122. The van der Waals surface area contributed by atoms with Gasteiger partial charge in [-0.1, -0.05) is 43.1 Å². The monoisotopic (exact) mass is 489 g/mol. The average Bonchev–Trinajstić information content (AvgIpc) is 3.10. The summed E-state index contributed by atoms with van der Waals surface area (Å²) in [6, 6.07) is 14.5.